The highest BCUT2D eigenvalue weighted by molar-refractivity contribution is 8.00. The number of carbonyl (C=O) groups excluding carboxylic acids is 1. The number of nitrogens with one attached hydrogen (secondary N) is 1. The molecule has 0 aliphatic heterocycles. The van der Waals surface area contributed by atoms with Gasteiger partial charge >= 0.3 is 0 Å². The van der Waals surface area contributed by atoms with Gasteiger partial charge in [-0.15, -0.1) is 11.8 Å². The summed E-state index contributed by atoms with van der Waals surface area (Å²) in [6.07, 6.45) is 0. The lowest BCUT2D eigenvalue weighted by Gasteiger charge is -2.12. The van der Waals surface area contributed by atoms with E-state index in [-0.39, 0.29) is 16.8 Å². The van der Waals surface area contributed by atoms with Crippen LogP contribution >= 0.6 is 11.8 Å². The zero-order valence-electron chi connectivity index (χ0n) is 10.8. The van der Waals surface area contributed by atoms with Gasteiger partial charge in [0.25, 0.3) is 0 Å². The fraction of sp³-hybridized carbons (Fsp3) is 0.133. The van der Waals surface area contributed by atoms with Crippen molar-refractivity contribution in [2.45, 2.75) is 17.1 Å². The molecule has 0 aromatic heterocycles. The molecule has 1 N–H and O–H groups in total. The lowest BCUT2D eigenvalue weighted by atomic mass is 10.3. The Morgan fingerprint density at radius 3 is 2.45 bits per heavy atom. The van der Waals surface area contributed by atoms with Crippen molar-refractivity contribution >= 4 is 23.4 Å². The number of anilines is 1. The predicted molar refractivity (Wildman–Crippen MR) is 76.7 cm³/mol. The van der Waals surface area contributed by atoms with Gasteiger partial charge < -0.3 is 5.32 Å². The smallest absolute Gasteiger partial charge is 0.237 e. The fourth-order valence-electron chi connectivity index (χ4n) is 1.57. The minimum absolute atomic E-state index is 0.245. The van der Waals surface area contributed by atoms with Gasteiger partial charge in [-0.1, -0.05) is 18.2 Å². The summed E-state index contributed by atoms with van der Waals surface area (Å²) in [7, 11) is 0. The molecule has 0 aliphatic rings. The molecule has 20 heavy (non-hydrogen) atoms. The fourth-order valence-corrected chi connectivity index (χ4v) is 2.46. The first-order chi connectivity index (χ1) is 9.56. The number of benzene rings is 2. The Morgan fingerprint density at radius 1 is 1.10 bits per heavy atom. The minimum Gasteiger partial charge on any atom is -0.325 e. The second-order valence-corrected chi connectivity index (χ2v) is 5.61. The monoisotopic (exact) mass is 293 g/mol. The van der Waals surface area contributed by atoms with Gasteiger partial charge in [-0.3, -0.25) is 4.79 Å². The zero-order valence-corrected chi connectivity index (χ0v) is 11.6. The van der Waals surface area contributed by atoms with Crippen LogP contribution in [0, 0.1) is 11.6 Å². The number of hydrogen-bond donors (Lipinski definition) is 1. The molecule has 2 aromatic rings. The first-order valence-corrected chi connectivity index (χ1v) is 6.92. The normalized spacial score (nSPS) is 11.9. The van der Waals surface area contributed by atoms with Crippen molar-refractivity contribution in [2.75, 3.05) is 5.32 Å². The summed E-state index contributed by atoms with van der Waals surface area (Å²) in [4.78, 5) is 12.9. The van der Waals surface area contributed by atoms with E-state index in [2.05, 4.69) is 5.32 Å². The molecule has 0 saturated carbocycles. The molecule has 0 aliphatic carbocycles. The molecule has 0 radical (unpaired) electrons. The van der Waals surface area contributed by atoms with E-state index in [1.807, 2.05) is 30.3 Å². The summed E-state index contributed by atoms with van der Waals surface area (Å²) < 4.78 is 25.8. The van der Waals surface area contributed by atoms with Crippen LogP contribution in [0.3, 0.4) is 0 Å². The third-order valence-electron chi connectivity index (χ3n) is 2.61. The van der Waals surface area contributed by atoms with E-state index in [0.29, 0.717) is 0 Å². The molecule has 104 valence electrons. The zero-order chi connectivity index (χ0) is 14.5. The minimum atomic E-state index is -0.980. The number of amides is 1. The largest absolute Gasteiger partial charge is 0.325 e. The van der Waals surface area contributed by atoms with Crippen LogP contribution in [0.15, 0.2) is 53.4 Å². The summed E-state index contributed by atoms with van der Waals surface area (Å²) in [5, 5.41) is 2.22. The highest BCUT2D eigenvalue weighted by Crippen LogP contribution is 2.24. The Bertz CT molecular complexity index is 604. The number of thioether (sulfide) groups is 1. The topological polar surface area (TPSA) is 29.1 Å². The maximum absolute atomic E-state index is 13.0. The summed E-state index contributed by atoms with van der Waals surface area (Å²) in [5.41, 5.74) is 0.245. The molecule has 1 amide bonds. The Kier molecular flexibility index (Phi) is 4.74. The van der Waals surface area contributed by atoms with E-state index >= 15 is 0 Å². The predicted octanol–water partition coefficient (Wildman–Crippen LogP) is 4.08. The van der Waals surface area contributed by atoms with E-state index < -0.39 is 11.6 Å². The molecule has 1 atom stereocenters. The third-order valence-corrected chi connectivity index (χ3v) is 3.72. The van der Waals surface area contributed by atoms with Crippen LogP contribution in [0.4, 0.5) is 14.5 Å². The SMILES string of the molecule is C[C@@H](Sc1ccccc1)C(=O)Nc1ccc(F)c(F)c1. The second-order valence-electron chi connectivity index (χ2n) is 4.19. The van der Waals surface area contributed by atoms with Crippen LogP contribution in [0.1, 0.15) is 6.92 Å². The van der Waals surface area contributed by atoms with Gasteiger partial charge in [-0.05, 0) is 31.2 Å². The highest BCUT2D eigenvalue weighted by Gasteiger charge is 2.15. The van der Waals surface area contributed by atoms with Crippen LogP contribution in [-0.4, -0.2) is 11.2 Å². The molecule has 5 heteroatoms. The average Bonchev–Trinajstić information content (AvgIpc) is 2.44. The third kappa shape index (κ3) is 3.81. The van der Waals surface area contributed by atoms with Gasteiger partial charge in [0.2, 0.25) is 5.91 Å². The lowest BCUT2D eigenvalue weighted by Crippen LogP contribution is -2.22. The summed E-state index contributed by atoms with van der Waals surface area (Å²) >= 11 is 1.40. The molecular weight excluding hydrogens is 280 g/mol. The Balaban J connectivity index is 1.99. The molecule has 2 rings (SSSR count). The standard InChI is InChI=1S/C15H13F2NOS/c1-10(20-12-5-3-2-4-6-12)15(19)18-11-7-8-13(16)14(17)9-11/h2-10H,1H3,(H,18,19)/t10-/m1/s1. The van der Waals surface area contributed by atoms with Crippen molar-refractivity contribution in [1.29, 1.82) is 0 Å². The molecule has 0 heterocycles. The Hall–Kier alpha value is -1.88. The molecule has 0 fully saturated rings. The van der Waals surface area contributed by atoms with Crippen molar-refractivity contribution < 1.29 is 13.6 Å². The second kappa shape index (κ2) is 6.52. The van der Waals surface area contributed by atoms with Gasteiger partial charge in [-0.25, -0.2) is 8.78 Å². The summed E-state index contributed by atoms with van der Waals surface area (Å²) in [6.45, 7) is 1.76. The van der Waals surface area contributed by atoms with E-state index in [4.69, 9.17) is 0 Å². The highest BCUT2D eigenvalue weighted by atomic mass is 32.2. The van der Waals surface area contributed by atoms with Crippen LogP contribution in [-0.2, 0) is 4.79 Å². The maximum atomic E-state index is 13.0. The molecule has 0 bridgehead atoms. The summed E-state index contributed by atoms with van der Waals surface area (Å²) in [5.74, 6) is -2.18. The van der Waals surface area contributed by atoms with Crippen LogP contribution in [0.2, 0.25) is 0 Å². The number of rotatable bonds is 4. The van der Waals surface area contributed by atoms with Crippen LogP contribution in [0.25, 0.3) is 0 Å². The molecule has 2 aromatic carbocycles. The van der Waals surface area contributed by atoms with Gasteiger partial charge in [0, 0.05) is 16.6 Å². The number of halogens is 2. The van der Waals surface area contributed by atoms with Crippen LogP contribution < -0.4 is 5.32 Å². The number of carbonyl (C=O) groups is 1. The molecule has 0 saturated heterocycles. The van der Waals surface area contributed by atoms with Gasteiger partial charge in [-0.2, -0.15) is 0 Å². The van der Waals surface area contributed by atoms with Crippen LogP contribution in [0.5, 0.6) is 0 Å². The first kappa shape index (κ1) is 14.5. The molecule has 0 unspecified atom stereocenters. The van der Waals surface area contributed by atoms with E-state index in [1.165, 1.54) is 17.8 Å². The van der Waals surface area contributed by atoms with Gasteiger partial charge in [0.05, 0.1) is 5.25 Å². The quantitative estimate of drug-likeness (QED) is 0.860. The maximum Gasteiger partial charge on any atom is 0.237 e. The van der Waals surface area contributed by atoms with Crippen molar-refractivity contribution in [2.24, 2.45) is 0 Å². The van der Waals surface area contributed by atoms with Gasteiger partial charge in [0.15, 0.2) is 11.6 Å². The van der Waals surface area contributed by atoms with Crippen molar-refractivity contribution in [3.8, 4) is 0 Å². The van der Waals surface area contributed by atoms with Crippen molar-refractivity contribution in [1.82, 2.24) is 0 Å². The molecule has 2 nitrogen and oxygen atoms in total. The van der Waals surface area contributed by atoms with E-state index in [1.54, 1.807) is 6.92 Å². The average molecular weight is 293 g/mol. The van der Waals surface area contributed by atoms with Gasteiger partial charge in [0.1, 0.15) is 0 Å². The molecular formula is C15H13F2NOS. The first-order valence-electron chi connectivity index (χ1n) is 6.04. The summed E-state index contributed by atoms with van der Waals surface area (Å²) in [6, 6.07) is 12.8. The van der Waals surface area contributed by atoms with Crippen molar-refractivity contribution in [3.05, 3.63) is 60.2 Å². The lowest BCUT2D eigenvalue weighted by molar-refractivity contribution is -0.115. The molecule has 0 spiro atoms. The Morgan fingerprint density at radius 2 is 1.80 bits per heavy atom. The van der Waals surface area contributed by atoms with E-state index in [9.17, 15) is 13.6 Å². The van der Waals surface area contributed by atoms with E-state index in [0.717, 1.165) is 17.0 Å². The number of hydrogen-bond acceptors (Lipinski definition) is 2. The Labute approximate surface area is 120 Å². The van der Waals surface area contributed by atoms with Crippen molar-refractivity contribution in [3.63, 3.8) is 0 Å².